The van der Waals surface area contributed by atoms with Gasteiger partial charge in [-0.1, -0.05) is 12.1 Å². The molecule has 1 aliphatic heterocycles. The molecule has 2 aromatic heterocycles. The fourth-order valence-corrected chi connectivity index (χ4v) is 3.54. The first-order valence-electron chi connectivity index (χ1n) is 9.90. The Morgan fingerprint density at radius 2 is 2.03 bits per heavy atom. The highest BCUT2D eigenvalue weighted by molar-refractivity contribution is 5.90. The quantitative estimate of drug-likeness (QED) is 0.600. The van der Waals surface area contributed by atoms with E-state index in [1.54, 1.807) is 24.5 Å². The van der Waals surface area contributed by atoms with E-state index in [1.165, 1.54) is 6.07 Å². The Bertz CT molecular complexity index is 1030. The summed E-state index contributed by atoms with van der Waals surface area (Å²) in [6.07, 6.45) is 5.58. The summed E-state index contributed by atoms with van der Waals surface area (Å²) in [6.45, 7) is 2.33. The molecule has 1 saturated heterocycles. The van der Waals surface area contributed by atoms with E-state index in [0.29, 0.717) is 23.8 Å². The summed E-state index contributed by atoms with van der Waals surface area (Å²) < 4.78 is 0. The smallest absolute Gasteiger partial charge is 0.319 e. The largest absolute Gasteiger partial charge is 0.340 e. The molecule has 3 heterocycles. The third-order valence-electron chi connectivity index (χ3n) is 5.00. The van der Waals surface area contributed by atoms with Crippen molar-refractivity contribution in [1.82, 2.24) is 25.5 Å². The first-order valence-corrected chi connectivity index (χ1v) is 9.90. The maximum atomic E-state index is 12.4. The fourth-order valence-electron chi connectivity index (χ4n) is 3.54. The zero-order valence-corrected chi connectivity index (χ0v) is 16.4. The van der Waals surface area contributed by atoms with Gasteiger partial charge in [-0.25, -0.2) is 19.9 Å². The topological polar surface area (TPSA) is 116 Å². The van der Waals surface area contributed by atoms with E-state index in [0.717, 1.165) is 37.4 Å². The molecule has 9 heteroatoms. The highest BCUT2D eigenvalue weighted by Gasteiger charge is 2.22. The molecule has 154 valence electrons. The number of urea groups is 1. The predicted octanol–water partition coefficient (Wildman–Crippen LogP) is 2.26. The van der Waals surface area contributed by atoms with E-state index in [2.05, 4.69) is 35.7 Å². The summed E-state index contributed by atoms with van der Waals surface area (Å²) in [5, 5.41) is 12.2. The summed E-state index contributed by atoms with van der Waals surface area (Å²) in [5.41, 5.74) is 1.83. The molecule has 0 aliphatic carbocycles. The highest BCUT2D eigenvalue weighted by atomic mass is 16.2. The number of aromatic nitrogens is 4. The number of hydrogen-bond donors (Lipinski definition) is 3. The van der Waals surface area contributed by atoms with Crippen LogP contribution < -0.4 is 21.1 Å². The fraction of sp³-hybridized carbons (Fsp3) is 0.286. The first kappa shape index (κ1) is 19.6. The number of amides is 2. The zero-order chi connectivity index (χ0) is 20.8. The molecule has 0 radical (unpaired) electrons. The van der Waals surface area contributed by atoms with Gasteiger partial charge in [-0.05, 0) is 43.0 Å². The number of carbonyl (C=O) groups is 1. The van der Waals surface area contributed by atoms with Crippen LogP contribution in [0.4, 0.5) is 16.4 Å². The molecule has 2 amide bonds. The average Bonchev–Trinajstić information content (AvgIpc) is 2.79. The van der Waals surface area contributed by atoms with Gasteiger partial charge in [-0.2, -0.15) is 5.10 Å². The lowest BCUT2D eigenvalue weighted by Gasteiger charge is -2.32. The van der Waals surface area contributed by atoms with Gasteiger partial charge in [0.25, 0.3) is 5.56 Å². The van der Waals surface area contributed by atoms with E-state index >= 15 is 0 Å². The van der Waals surface area contributed by atoms with Crippen molar-refractivity contribution in [3.8, 4) is 11.3 Å². The molecule has 30 heavy (non-hydrogen) atoms. The van der Waals surface area contributed by atoms with Crippen molar-refractivity contribution >= 4 is 17.7 Å². The van der Waals surface area contributed by atoms with E-state index in [9.17, 15) is 9.59 Å². The second-order valence-electron chi connectivity index (χ2n) is 7.23. The van der Waals surface area contributed by atoms with Crippen LogP contribution in [0.15, 0.2) is 59.7 Å². The van der Waals surface area contributed by atoms with Gasteiger partial charge in [0, 0.05) is 49.3 Å². The minimum absolute atomic E-state index is 0.255. The lowest BCUT2D eigenvalue weighted by molar-refractivity contribution is 0.249. The molecule has 0 bridgehead atoms. The molecule has 0 saturated carbocycles. The summed E-state index contributed by atoms with van der Waals surface area (Å²) in [7, 11) is 0. The molecule has 1 atom stereocenters. The van der Waals surface area contributed by atoms with Crippen LogP contribution in [0, 0.1) is 5.92 Å². The van der Waals surface area contributed by atoms with Crippen molar-refractivity contribution in [2.75, 3.05) is 29.9 Å². The Morgan fingerprint density at radius 1 is 1.17 bits per heavy atom. The number of hydrogen-bond acceptors (Lipinski definition) is 6. The third-order valence-corrected chi connectivity index (χ3v) is 5.00. The molecule has 1 aliphatic rings. The molecule has 1 unspecified atom stereocenters. The molecular formula is C21H23N7O2. The van der Waals surface area contributed by atoms with Crippen molar-refractivity contribution in [3.63, 3.8) is 0 Å². The standard InChI is InChI=1S/C21H23N7O2/c29-19-8-7-18(26-27-19)16-5-1-6-17(12-16)25-21(30)24-13-15-4-2-11-28(14-15)20-22-9-3-10-23-20/h1,3,5-10,12,15H,2,4,11,13-14H2,(H,27,29)(H2,24,25,30). The van der Waals surface area contributed by atoms with Gasteiger partial charge >= 0.3 is 6.03 Å². The number of benzene rings is 1. The second-order valence-corrected chi connectivity index (χ2v) is 7.23. The monoisotopic (exact) mass is 405 g/mol. The Kier molecular flexibility index (Phi) is 5.98. The van der Waals surface area contributed by atoms with Crippen molar-refractivity contribution < 1.29 is 4.79 Å². The SMILES string of the molecule is O=C(NCC1CCCN(c2ncccn2)C1)Nc1cccc(-c2ccc(=O)[nH]n2)c1. The summed E-state index contributed by atoms with van der Waals surface area (Å²) in [6, 6.07) is 11.9. The summed E-state index contributed by atoms with van der Waals surface area (Å²) in [5.74, 6) is 1.07. The maximum Gasteiger partial charge on any atom is 0.319 e. The van der Waals surface area contributed by atoms with Crippen LogP contribution in [-0.4, -0.2) is 45.8 Å². The van der Waals surface area contributed by atoms with Crippen LogP contribution in [-0.2, 0) is 0 Å². The van der Waals surface area contributed by atoms with Gasteiger partial charge in [0.15, 0.2) is 0 Å². The lowest BCUT2D eigenvalue weighted by atomic mass is 9.98. The number of H-pyrrole nitrogens is 1. The van der Waals surface area contributed by atoms with Gasteiger partial charge in [-0.3, -0.25) is 4.79 Å². The number of nitrogens with zero attached hydrogens (tertiary/aromatic N) is 4. The van der Waals surface area contributed by atoms with Gasteiger partial charge in [0.2, 0.25) is 5.95 Å². The number of rotatable bonds is 5. The van der Waals surface area contributed by atoms with Crippen LogP contribution in [0.1, 0.15) is 12.8 Å². The second kappa shape index (κ2) is 9.17. The van der Waals surface area contributed by atoms with Gasteiger partial charge in [0.05, 0.1) is 5.69 Å². The van der Waals surface area contributed by atoms with E-state index in [1.807, 2.05) is 24.3 Å². The number of nitrogens with one attached hydrogen (secondary N) is 3. The minimum atomic E-state index is -0.257. The molecular weight excluding hydrogens is 382 g/mol. The lowest BCUT2D eigenvalue weighted by Crippen LogP contribution is -2.42. The number of aromatic amines is 1. The summed E-state index contributed by atoms with van der Waals surface area (Å²) >= 11 is 0. The van der Waals surface area contributed by atoms with Gasteiger partial charge in [0.1, 0.15) is 0 Å². The predicted molar refractivity (Wildman–Crippen MR) is 114 cm³/mol. The van der Waals surface area contributed by atoms with Crippen molar-refractivity contribution in [2.24, 2.45) is 5.92 Å². The van der Waals surface area contributed by atoms with E-state index in [4.69, 9.17) is 0 Å². The molecule has 0 spiro atoms. The number of piperidine rings is 1. The molecule has 9 nitrogen and oxygen atoms in total. The van der Waals surface area contributed by atoms with Gasteiger partial charge in [-0.15, -0.1) is 0 Å². The van der Waals surface area contributed by atoms with Gasteiger partial charge < -0.3 is 15.5 Å². The third kappa shape index (κ3) is 4.99. The van der Waals surface area contributed by atoms with Crippen LogP contribution in [0.5, 0.6) is 0 Å². The normalized spacial score (nSPS) is 16.1. The van der Waals surface area contributed by atoms with E-state index in [-0.39, 0.29) is 11.6 Å². The Balaban J connectivity index is 1.31. The Labute approximate surface area is 173 Å². The Hall–Kier alpha value is -3.75. The zero-order valence-electron chi connectivity index (χ0n) is 16.4. The van der Waals surface area contributed by atoms with Crippen molar-refractivity contribution in [2.45, 2.75) is 12.8 Å². The number of carbonyl (C=O) groups excluding carboxylic acids is 1. The Morgan fingerprint density at radius 3 is 2.83 bits per heavy atom. The average molecular weight is 405 g/mol. The molecule has 3 aromatic rings. The van der Waals surface area contributed by atoms with Crippen LogP contribution in [0.3, 0.4) is 0 Å². The van der Waals surface area contributed by atoms with Crippen LogP contribution >= 0.6 is 0 Å². The molecule has 3 N–H and O–H groups in total. The minimum Gasteiger partial charge on any atom is -0.340 e. The molecule has 4 rings (SSSR count). The number of anilines is 2. The van der Waals surface area contributed by atoms with Crippen molar-refractivity contribution in [3.05, 3.63) is 65.2 Å². The molecule has 1 aromatic carbocycles. The van der Waals surface area contributed by atoms with E-state index < -0.39 is 0 Å². The first-order chi connectivity index (χ1) is 14.7. The van der Waals surface area contributed by atoms with Crippen LogP contribution in [0.25, 0.3) is 11.3 Å². The summed E-state index contributed by atoms with van der Waals surface area (Å²) in [4.78, 5) is 34.3. The van der Waals surface area contributed by atoms with Crippen LogP contribution in [0.2, 0.25) is 0 Å². The molecule has 1 fully saturated rings. The highest BCUT2D eigenvalue weighted by Crippen LogP contribution is 2.21. The van der Waals surface area contributed by atoms with Crippen molar-refractivity contribution in [1.29, 1.82) is 0 Å². The maximum absolute atomic E-state index is 12.4.